The summed E-state index contributed by atoms with van der Waals surface area (Å²) in [7, 11) is 1.71. The zero-order valence-corrected chi connectivity index (χ0v) is 16.7. The number of thiophene rings is 1. The average Bonchev–Trinajstić information content (AvgIpc) is 3.31. The second kappa shape index (κ2) is 7.86. The summed E-state index contributed by atoms with van der Waals surface area (Å²) in [5, 5.41) is 8.08. The van der Waals surface area contributed by atoms with Crippen molar-refractivity contribution in [3.8, 4) is 0 Å². The molecule has 1 atom stereocenters. The Labute approximate surface area is 166 Å². The summed E-state index contributed by atoms with van der Waals surface area (Å²) in [5.41, 5.74) is 1.22. The van der Waals surface area contributed by atoms with Gasteiger partial charge < -0.3 is 10.1 Å². The Bertz CT molecular complexity index is 1030. The van der Waals surface area contributed by atoms with Crippen LogP contribution in [-0.4, -0.2) is 58.4 Å². The Hall–Kier alpha value is -2.49. The fourth-order valence-electron chi connectivity index (χ4n) is 3.63. The monoisotopic (exact) mass is 401 g/mol. The van der Waals surface area contributed by atoms with Gasteiger partial charge in [0.15, 0.2) is 5.65 Å². The lowest BCUT2D eigenvalue weighted by Crippen LogP contribution is -2.43. The molecule has 1 aliphatic heterocycles. The number of ether oxygens (including phenoxy) is 1. The largest absolute Gasteiger partial charge is 0.379 e. The maximum Gasteiger partial charge on any atom is 0.274 e. The first kappa shape index (κ1) is 18.9. The maximum absolute atomic E-state index is 13.0. The second-order valence-corrected chi connectivity index (χ2v) is 7.88. The molecule has 1 amide bonds. The fraction of sp³-hybridized carbons (Fsp3) is 0.421. The molecule has 0 aliphatic carbocycles. The third-order valence-electron chi connectivity index (χ3n) is 5.00. The molecule has 0 bridgehead atoms. The summed E-state index contributed by atoms with van der Waals surface area (Å²) in [6.07, 6.45) is 0. The molecule has 8 nitrogen and oxygen atoms in total. The van der Waals surface area contributed by atoms with Crippen LogP contribution in [0.5, 0.6) is 0 Å². The van der Waals surface area contributed by atoms with Crippen LogP contribution < -0.4 is 10.9 Å². The van der Waals surface area contributed by atoms with Crippen molar-refractivity contribution in [3.63, 3.8) is 0 Å². The lowest BCUT2D eigenvalue weighted by Gasteiger charge is -2.34. The van der Waals surface area contributed by atoms with Crippen LogP contribution in [0.15, 0.2) is 28.4 Å². The van der Waals surface area contributed by atoms with Crippen LogP contribution in [0, 0.1) is 6.92 Å². The Balaban J connectivity index is 1.59. The standard InChI is InChI=1S/C19H23N5O3S/c1-12-10-13(16-17(21-12)23(2)22-19(16)26)18(25)20-11-14(15-4-3-9-28-15)24-5-7-27-8-6-24/h3-4,9-10,14H,5-8,11H2,1-2H3,(H,20,25)(H,22,26). The first-order chi connectivity index (χ1) is 13.5. The fourth-order valence-corrected chi connectivity index (χ4v) is 4.49. The van der Waals surface area contributed by atoms with E-state index in [1.807, 2.05) is 18.4 Å². The van der Waals surface area contributed by atoms with Gasteiger partial charge in [0.2, 0.25) is 0 Å². The number of nitrogens with zero attached hydrogens (tertiary/aromatic N) is 3. The van der Waals surface area contributed by atoms with Crippen LogP contribution in [-0.2, 0) is 11.8 Å². The van der Waals surface area contributed by atoms with E-state index in [9.17, 15) is 9.59 Å². The zero-order valence-electron chi connectivity index (χ0n) is 15.9. The van der Waals surface area contributed by atoms with E-state index >= 15 is 0 Å². The van der Waals surface area contributed by atoms with Crippen LogP contribution in [0.1, 0.15) is 27.0 Å². The van der Waals surface area contributed by atoms with Gasteiger partial charge in [-0.25, -0.2) is 4.98 Å². The SMILES string of the molecule is Cc1cc(C(=O)NCC(c2cccs2)N2CCOCC2)c2c(=O)[nH]n(C)c2n1. The highest BCUT2D eigenvalue weighted by Crippen LogP contribution is 2.25. The zero-order chi connectivity index (χ0) is 19.7. The molecule has 3 aromatic rings. The maximum atomic E-state index is 13.0. The number of H-pyrrole nitrogens is 1. The highest BCUT2D eigenvalue weighted by atomic mass is 32.1. The third-order valence-corrected chi connectivity index (χ3v) is 5.97. The van der Waals surface area contributed by atoms with E-state index in [4.69, 9.17) is 4.74 Å². The lowest BCUT2D eigenvalue weighted by molar-refractivity contribution is 0.0169. The van der Waals surface area contributed by atoms with Crippen molar-refractivity contribution < 1.29 is 9.53 Å². The summed E-state index contributed by atoms with van der Waals surface area (Å²) in [5.74, 6) is -0.262. The second-order valence-electron chi connectivity index (χ2n) is 6.90. The van der Waals surface area contributed by atoms with Gasteiger partial charge in [-0.3, -0.25) is 24.3 Å². The smallest absolute Gasteiger partial charge is 0.274 e. The number of carbonyl (C=O) groups excluding carboxylic acids is 1. The van der Waals surface area contributed by atoms with Gasteiger partial charge in [-0.1, -0.05) is 6.07 Å². The van der Waals surface area contributed by atoms with Gasteiger partial charge in [-0.15, -0.1) is 11.3 Å². The van der Waals surface area contributed by atoms with Crippen LogP contribution >= 0.6 is 11.3 Å². The van der Waals surface area contributed by atoms with Gasteiger partial charge in [0.1, 0.15) is 0 Å². The first-order valence-corrected chi connectivity index (χ1v) is 10.1. The van der Waals surface area contributed by atoms with E-state index in [0.29, 0.717) is 42.0 Å². The van der Waals surface area contributed by atoms with Crippen LogP contribution in [0.2, 0.25) is 0 Å². The molecule has 0 aromatic carbocycles. The van der Waals surface area contributed by atoms with Crippen molar-refractivity contribution in [3.05, 3.63) is 50.1 Å². The Morgan fingerprint density at radius 3 is 2.93 bits per heavy atom. The van der Waals surface area contributed by atoms with Gasteiger partial charge in [-0.05, 0) is 24.4 Å². The Morgan fingerprint density at radius 2 is 2.21 bits per heavy atom. The summed E-state index contributed by atoms with van der Waals surface area (Å²) < 4.78 is 7.01. The molecule has 4 heterocycles. The number of amides is 1. The number of fused-ring (bicyclic) bond motifs is 1. The van der Waals surface area contributed by atoms with Crippen LogP contribution in [0.4, 0.5) is 0 Å². The molecule has 1 saturated heterocycles. The number of pyridine rings is 1. The number of aromatic amines is 1. The quantitative estimate of drug-likeness (QED) is 0.675. The van der Waals surface area contributed by atoms with Gasteiger partial charge in [0, 0.05) is 37.3 Å². The van der Waals surface area contributed by atoms with Crippen molar-refractivity contribution in [2.24, 2.45) is 7.05 Å². The predicted octanol–water partition coefficient (Wildman–Crippen LogP) is 1.43. The summed E-state index contributed by atoms with van der Waals surface area (Å²) in [4.78, 5) is 33.2. The van der Waals surface area contributed by atoms with Gasteiger partial charge in [0.05, 0.1) is 30.2 Å². The molecular weight excluding hydrogens is 378 g/mol. The van der Waals surface area contributed by atoms with Gasteiger partial charge >= 0.3 is 0 Å². The predicted molar refractivity (Wildman–Crippen MR) is 108 cm³/mol. The molecule has 148 valence electrons. The van der Waals surface area contributed by atoms with E-state index in [-0.39, 0.29) is 17.5 Å². The molecular formula is C19H23N5O3S. The number of aromatic nitrogens is 3. The van der Waals surface area contributed by atoms with Crippen molar-refractivity contribution >= 4 is 28.3 Å². The average molecular weight is 401 g/mol. The molecule has 9 heteroatoms. The minimum absolute atomic E-state index is 0.0836. The van der Waals surface area contributed by atoms with Crippen molar-refractivity contribution in [2.75, 3.05) is 32.8 Å². The molecule has 0 radical (unpaired) electrons. The van der Waals surface area contributed by atoms with E-state index in [1.54, 1.807) is 29.1 Å². The molecule has 4 rings (SSSR count). The van der Waals surface area contributed by atoms with E-state index < -0.39 is 0 Å². The number of aryl methyl sites for hydroxylation is 2. The molecule has 3 aromatic heterocycles. The number of rotatable bonds is 5. The molecule has 2 N–H and O–H groups in total. The summed E-state index contributed by atoms with van der Waals surface area (Å²) >= 11 is 1.68. The highest BCUT2D eigenvalue weighted by Gasteiger charge is 2.25. The number of hydrogen-bond acceptors (Lipinski definition) is 6. The molecule has 1 aliphatic rings. The minimum Gasteiger partial charge on any atom is -0.379 e. The molecule has 1 fully saturated rings. The third kappa shape index (κ3) is 3.60. The van der Waals surface area contributed by atoms with E-state index in [1.165, 1.54) is 4.88 Å². The lowest BCUT2D eigenvalue weighted by atomic mass is 10.1. The van der Waals surface area contributed by atoms with Gasteiger partial charge in [0.25, 0.3) is 11.5 Å². The van der Waals surface area contributed by atoms with E-state index in [0.717, 1.165) is 13.1 Å². The van der Waals surface area contributed by atoms with Crippen LogP contribution in [0.3, 0.4) is 0 Å². The van der Waals surface area contributed by atoms with Crippen molar-refractivity contribution in [1.82, 2.24) is 25.0 Å². The highest BCUT2D eigenvalue weighted by molar-refractivity contribution is 7.10. The molecule has 0 saturated carbocycles. The van der Waals surface area contributed by atoms with Crippen LogP contribution in [0.25, 0.3) is 11.0 Å². The normalized spacial score (nSPS) is 16.4. The number of hydrogen-bond donors (Lipinski definition) is 2. The van der Waals surface area contributed by atoms with Crippen molar-refractivity contribution in [2.45, 2.75) is 13.0 Å². The number of morpholine rings is 1. The summed E-state index contributed by atoms with van der Waals surface area (Å²) in [6.45, 7) is 5.33. The Kier molecular flexibility index (Phi) is 5.29. The molecule has 28 heavy (non-hydrogen) atoms. The van der Waals surface area contributed by atoms with E-state index in [2.05, 4.69) is 26.4 Å². The first-order valence-electron chi connectivity index (χ1n) is 9.24. The van der Waals surface area contributed by atoms with Crippen molar-refractivity contribution in [1.29, 1.82) is 0 Å². The molecule has 0 spiro atoms. The molecule has 1 unspecified atom stereocenters. The van der Waals surface area contributed by atoms with Gasteiger partial charge in [-0.2, -0.15) is 0 Å². The topological polar surface area (TPSA) is 92.3 Å². The Morgan fingerprint density at radius 1 is 1.43 bits per heavy atom. The minimum atomic E-state index is -0.307. The summed E-state index contributed by atoms with van der Waals surface area (Å²) in [6, 6.07) is 5.87. The number of nitrogens with one attached hydrogen (secondary N) is 2. The number of carbonyl (C=O) groups is 1.